The second-order valence-corrected chi connectivity index (χ2v) is 15.1. The first-order chi connectivity index (χ1) is 26.0. The van der Waals surface area contributed by atoms with E-state index in [0.717, 1.165) is 60.4 Å². The van der Waals surface area contributed by atoms with Crippen LogP contribution in [0, 0.1) is 5.82 Å². The van der Waals surface area contributed by atoms with E-state index in [1.165, 1.54) is 28.5 Å². The molecule has 13 nitrogen and oxygen atoms in total. The van der Waals surface area contributed by atoms with Gasteiger partial charge in [-0.1, -0.05) is 18.2 Å². The Labute approximate surface area is 314 Å². The fourth-order valence-electron chi connectivity index (χ4n) is 8.08. The molecule has 2 unspecified atom stereocenters. The number of carbonyl (C=O) groups is 5. The first-order valence-corrected chi connectivity index (χ1v) is 18.8. The molecule has 5 heterocycles. The quantitative estimate of drug-likeness (QED) is 0.214. The number of nitrogens with one attached hydrogen (secondary N) is 2. The predicted molar refractivity (Wildman–Crippen MR) is 197 cm³/mol. The summed E-state index contributed by atoms with van der Waals surface area (Å²) >= 11 is 1.21. The van der Waals surface area contributed by atoms with Gasteiger partial charge in [0, 0.05) is 79.1 Å². The Kier molecular flexibility index (Phi) is 9.36. The van der Waals surface area contributed by atoms with E-state index in [1.54, 1.807) is 10.3 Å². The number of anilines is 2. The van der Waals surface area contributed by atoms with Gasteiger partial charge in [-0.05, 0) is 79.4 Å². The summed E-state index contributed by atoms with van der Waals surface area (Å²) in [5, 5.41) is 17.7. The summed E-state index contributed by atoms with van der Waals surface area (Å²) in [6.07, 6.45) is 3.85. The van der Waals surface area contributed by atoms with Gasteiger partial charge in [-0.3, -0.25) is 39.5 Å². The van der Waals surface area contributed by atoms with Crippen LogP contribution in [0.1, 0.15) is 74.7 Å². The summed E-state index contributed by atoms with van der Waals surface area (Å²) in [6.45, 7) is 2.67. The SMILES string of the molecule is CN(Cc1ccc2c(c1)CN(C1CCC(=O)NC1=O)C2=O)C1CCN(c2ccc3c(c2)C(=O)N(C(C(=O)Nc2nccs2)c2cc(F)ccc2O)C3)CC1. The molecule has 0 saturated carbocycles. The number of hydrogen-bond donors (Lipinski definition) is 3. The number of carbonyl (C=O) groups excluding carboxylic acids is 5. The van der Waals surface area contributed by atoms with E-state index in [1.807, 2.05) is 36.4 Å². The summed E-state index contributed by atoms with van der Waals surface area (Å²) in [7, 11) is 2.09. The van der Waals surface area contributed by atoms with Crippen molar-refractivity contribution in [1.82, 2.24) is 25.0 Å². The van der Waals surface area contributed by atoms with E-state index in [2.05, 4.69) is 32.5 Å². The van der Waals surface area contributed by atoms with Gasteiger partial charge >= 0.3 is 0 Å². The average molecular weight is 752 g/mol. The maximum Gasteiger partial charge on any atom is 0.255 e. The third-order valence-electron chi connectivity index (χ3n) is 10.9. The Morgan fingerprint density at radius 1 is 1.00 bits per heavy atom. The van der Waals surface area contributed by atoms with Crippen molar-refractivity contribution in [2.75, 3.05) is 30.4 Å². The maximum absolute atomic E-state index is 14.4. The van der Waals surface area contributed by atoms with Crippen LogP contribution < -0.4 is 15.5 Å². The molecule has 8 rings (SSSR count). The molecule has 1 aromatic heterocycles. The Hall–Kier alpha value is -5.67. The Morgan fingerprint density at radius 3 is 2.57 bits per heavy atom. The zero-order valence-corrected chi connectivity index (χ0v) is 30.3. The molecule has 0 bridgehead atoms. The minimum absolute atomic E-state index is 0.0146. The minimum Gasteiger partial charge on any atom is -0.508 e. The van der Waals surface area contributed by atoms with Gasteiger partial charge in [0.1, 0.15) is 23.7 Å². The average Bonchev–Trinajstić information content (AvgIpc) is 3.87. The third kappa shape index (κ3) is 6.69. The molecule has 2 fully saturated rings. The molecule has 4 aromatic rings. The van der Waals surface area contributed by atoms with Gasteiger partial charge in [0.15, 0.2) is 5.13 Å². The van der Waals surface area contributed by atoms with Crippen molar-refractivity contribution < 1.29 is 33.5 Å². The van der Waals surface area contributed by atoms with Gasteiger partial charge in [0.25, 0.3) is 17.7 Å². The highest BCUT2D eigenvalue weighted by molar-refractivity contribution is 7.13. The number of thiazole rings is 1. The molecule has 2 saturated heterocycles. The number of halogens is 1. The number of phenols is 1. The molecule has 5 amide bonds. The second-order valence-electron chi connectivity index (χ2n) is 14.2. The minimum atomic E-state index is -1.30. The molecular weight excluding hydrogens is 714 g/mol. The monoisotopic (exact) mass is 751 g/mol. The summed E-state index contributed by atoms with van der Waals surface area (Å²) in [5.41, 5.74) is 4.62. The van der Waals surface area contributed by atoms with Crippen LogP contribution in [0.2, 0.25) is 0 Å². The highest BCUT2D eigenvalue weighted by atomic mass is 32.1. The normalized spacial score (nSPS) is 19.3. The number of hydrogen-bond acceptors (Lipinski definition) is 10. The van der Waals surface area contributed by atoms with Crippen LogP contribution >= 0.6 is 11.3 Å². The van der Waals surface area contributed by atoms with E-state index in [4.69, 9.17) is 0 Å². The lowest BCUT2D eigenvalue weighted by Gasteiger charge is -2.38. The standard InChI is InChI=1S/C39H38FN7O6S/c1-44(19-22-2-6-28-24(16-22)21-46(37(28)52)31-7-9-33(49)42-35(31)50)26-10-13-45(14-11-26)27-5-3-23-20-47(38(53)29(23)18-27)34(30-17-25(40)4-8-32(30)48)36(51)43-39-41-12-15-54-39/h2-6,8,12,15-18,26,31,34,48H,7,9-11,13-14,19-21H2,1H3,(H,41,43,51)(H,42,49,50). The number of benzene rings is 3. The number of fused-ring (bicyclic) bond motifs is 2. The van der Waals surface area contributed by atoms with Crippen molar-refractivity contribution in [2.45, 2.75) is 63.4 Å². The van der Waals surface area contributed by atoms with Gasteiger partial charge < -0.3 is 19.8 Å². The molecule has 3 aromatic carbocycles. The number of nitrogens with zero attached hydrogens (tertiary/aromatic N) is 5. The molecule has 4 aliphatic rings. The molecule has 3 N–H and O–H groups in total. The van der Waals surface area contributed by atoms with Crippen molar-refractivity contribution in [3.63, 3.8) is 0 Å². The van der Waals surface area contributed by atoms with Crippen LogP contribution in [0.5, 0.6) is 5.75 Å². The lowest BCUT2D eigenvalue weighted by Crippen LogP contribution is -2.52. The fraction of sp³-hybridized carbons (Fsp3) is 0.333. The van der Waals surface area contributed by atoms with Crippen LogP contribution in [-0.2, 0) is 34.0 Å². The molecule has 278 valence electrons. The van der Waals surface area contributed by atoms with E-state index in [-0.39, 0.29) is 42.0 Å². The van der Waals surface area contributed by atoms with Crippen LogP contribution in [0.25, 0.3) is 0 Å². The first kappa shape index (κ1) is 35.4. The van der Waals surface area contributed by atoms with Crippen LogP contribution in [-0.4, -0.2) is 86.5 Å². The topological polar surface area (TPSA) is 155 Å². The van der Waals surface area contributed by atoms with Crippen molar-refractivity contribution in [1.29, 1.82) is 0 Å². The van der Waals surface area contributed by atoms with Crippen LogP contribution in [0.3, 0.4) is 0 Å². The van der Waals surface area contributed by atoms with Gasteiger partial charge in [0.2, 0.25) is 11.8 Å². The third-order valence-corrected chi connectivity index (χ3v) is 11.6. The van der Waals surface area contributed by atoms with E-state index in [0.29, 0.717) is 41.8 Å². The Morgan fingerprint density at radius 2 is 1.81 bits per heavy atom. The zero-order valence-electron chi connectivity index (χ0n) is 29.5. The number of amides is 5. The van der Waals surface area contributed by atoms with E-state index in [9.17, 15) is 33.5 Å². The molecule has 0 radical (unpaired) electrons. The molecule has 4 aliphatic heterocycles. The number of imide groups is 1. The number of aromatic nitrogens is 1. The van der Waals surface area contributed by atoms with Crippen molar-refractivity contribution in [3.05, 3.63) is 105 Å². The summed E-state index contributed by atoms with van der Waals surface area (Å²) < 4.78 is 14.4. The molecule has 15 heteroatoms. The van der Waals surface area contributed by atoms with E-state index >= 15 is 0 Å². The smallest absolute Gasteiger partial charge is 0.255 e. The molecule has 2 atom stereocenters. The van der Waals surface area contributed by atoms with Crippen LogP contribution in [0.4, 0.5) is 15.2 Å². The summed E-state index contributed by atoms with van der Waals surface area (Å²) in [4.78, 5) is 76.3. The Balaban J connectivity index is 0.910. The second kappa shape index (κ2) is 14.3. The molecular formula is C39H38FN7O6S. The highest BCUT2D eigenvalue weighted by Gasteiger charge is 2.41. The largest absolute Gasteiger partial charge is 0.508 e. The van der Waals surface area contributed by atoms with Crippen molar-refractivity contribution >= 4 is 51.7 Å². The predicted octanol–water partition coefficient (Wildman–Crippen LogP) is 4.19. The number of phenolic OH excluding ortho intramolecular Hbond substituents is 1. The molecule has 0 aliphatic carbocycles. The highest BCUT2D eigenvalue weighted by Crippen LogP contribution is 2.38. The summed E-state index contributed by atoms with van der Waals surface area (Å²) in [5.74, 6) is -2.85. The first-order valence-electron chi connectivity index (χ1n) is 17.9. The maximum atomic E-state index is 14.4. The molecule has 54 heavy (non-hydrogen) atoms. The fourth-order valence-corrected chi connectivity index (χ4v) is 8.61. The summed E-state index contributed by atoms with van der Waals surface area (Å²) in [6, 6.07) is 13.3. The lowest BCUT2D eigenvalue weighted by molar-refractivity contribution is -0.137. The lowest BCUT2D eigenvalue weighted by atomic mass is 10.0. The van der Waals surface area contributed by atoms with Crippen molar-refractivity contribution in [2.24, 2.45) is 0 Å². The number of piperidine rings is 2. The zero-order chi connectivity index (χ0) is 37.7. The van der Waals surface area contributed by atoms with Gasteiger partial charge in [-0.25, -0.2) is 9.37 Å². The number of aromatic hydroxyl groups is 1. The van der Waals surface area contributed by atoms with E-state index < -0.39 is 29.7 Å². The molecule has 0 spiro atoms. The Bertz CT molecular complexity index is 2170. The number of rotatable bonds is 9. The van der Waals surface area contributed by atoms with Crippen LogP contribution in [0.15, 0.2) is 66.2 Å². The van der Waals surface area contributed by atoms with Gasteiger partial charge in [-0.15, -0.1) is 11.3 Å². The van der Waals surface area contributed by atoms with Gasteiger partial charge in [-0.2, -0.15) is 0 Å². The van der Waals surface area contributed by atoms with Gasteiger partial charge in [0.05, 0.1) is 0 Å². The van der Waals surface area contributed by atoms with Crippen molar-refractivity contribution in [3.8, 4) is 5.75 Å².